The highest BCUT2D eigenvalue weighted by Crippen LogP contribution is 2.33. The summed E-state index contributed by atoms with van der Waals surface area (Å²) in [4.78, 5) is 21.9. The molecule has 4 rings (SSSR count). The van der Waals surface area contributed by atoms with Crippen LogP contribution in [-0.4, -0.2) is 15.8 Å². The smallest absolute Gasteiger partial charge is 0.227 e. The lowest BCUT2D eigenvalue weighted by atomic mass is 9.81. The molecule has 1 aliphatic carbocycles. The number of aromatic nitrogens is 2. The van der Waals surface area contributed by atoms with Crippen LogP contribution in [0.25, 0.3) is 0 Å². The number of hydrogen-bond donors (Lipinski definition) is 1. The number of carbonyl (C=O) groups excluding carboxylic acids is 1. The van der Waals surface area contributed by atoms with Gasteiger partial charge in [-0.1, -0.05) is 42.5 Å². The Labute approximate surface area is 153 Å². The first kappa shape index (κ1) is 16.5. The van der Waals surface area contributed by atoms with Crippen molar-refractivity contribution < 1.29 is 4.79 Å². The van der Waals surface area contributed by atoms with E-state index in [9.17, 15) is 4.79 Å². The summed E-state index contributed by atoms with van der Waals surface area (Å²) in [6.07, 6.45) is 1.28. The molecule has 0 aliphatic heterocycles. The van der Waals surface area contributed by atoms with E-state index in [1.54, 1.807) is 0 Å². The zero-order valence-corrected chi connectivity index (χ0v) is 15.0. The lowest BCUT2D eigenvalue weighted by molar-refractivity contribution is 0.0962. The van der Waals surface area contributed by atoms with Gasteiger partial charge in [0, 0.05) is 12.1 Å². The minimum Gasteiger partial charge on any atom is -0.324 e. The number of hydrogen-bond acceptors (Lipinski definition) is 4. The van der Waals surface area contributed by atoms with Crippen molar-refractivity contribution in [3.63, 3.8) is 0 Å². The predicted molar refractivity (Wildman–Crippen MR) is 103 cm³/mol. The van der Waals surface area contributed by atoms with Gasteiger partial charge in [0.1, 0.15) is 0 Å². The van der Waals surface area contributed by atoms with Gasteiger partial charge in [-0.05, 0) is 49.4 Å². The molecule has 0 spiro atoms. The second-order valence-electron chi connectivity index (χ2n) is 6.89. The molecule has 4 heteroatoms. The van der Waals surface area contributed by atoms with Gasteiger partial charge in [0.25, 0.3) is 0 Å². The molecule has 0 saturated carbocycles. The van der Waals surface area contributed by atoms with Crippen molar-refractivity contribution in [2.24, 2.45) is 0 Å². The highest BCUT2D eigenvalue weighted by atomic mass is 16.1. The first-order valence-corrected chi connectivity index (χ1v) is 8.89. The molecule has 2 aromatic carbocycles. The SMILES string of the molecule is Cc1cccc(Nc2nc(C)c3c(n2)CC(c2ccccc2)CC3=O)c1. The molecule has 130 valence electrons. The van der Waals surface area contributed by atoms with Gasteiger partial charge in [-0.25, -0.2) is 9.97 Å². The molecule has 1 heterocycles. The molecular weight excluding hydrogens is 322 g/mol. The molecule has 0 radical (unpaired) electrons. The molecule has 0 amide bonds. The Bertz CT molecular complexity index is 966. The van der Waals surface area contributed by atoms with Gasteiger partial charge in [-0.2, -0.15) is 0 Å². The Kier molecular flexibility index (Phi) is 4.25. The maximum atomic E-state index is 12.7. The van der Waals surface area contributed by atoms with E-state index in [4.69, 9.17) is 0 Å². The number of ketones is 1. The zero-order valence-electron chi connectivity index (χ0n) is 15.0. The number of benzene rings is 2. The molecule has 4 nitrogen and oxygen atoms in total. The summed E-state index contributed by atoms with van der Waals surface area (Å²) in [5.74, 6) is 0.866. The topological polar surface area (TPSA) is 54.9 Å². The summed E-state index contributed by atoms with van der Waals surface area (Å²) in [6, 6.07) is 18.3. The van der Waals surface area contributed by atoms with Crippen LogP contribution in [0, 0.1) is 13.8 Å². The number of anilines is 2. The Hall–Kier alpha value is -3.01. The van der Waals surface area contributed by atoms with E-state index in [1.807, 2.05) is 50.2 Å². The van der Waals surface area contributed by atoms with E-state index in [1.165, 1.54) is 11.1 Å². The molecule has 1 aromatic heterocycles. The molecule has 3 aromatic rings. The predicted octanol–water partition coefficient (Wildman–Crippen LogP) is 4.75. The molecule has 1 unspecified atom stereocenters. The summed E-state index contributed by atoms with van der Waals surface area (Å²) < 4.78 is 0. The Morgan fingerprint density at radius 2 is 1.77 bits per heavy atom. The molecule has 0 fully saturated rings. The van der Waals surface area contributed by atoms with Gasteiger partial charge in [-0.15, -0.1) is 0 Å². The fraction of sp³-hybridized carbons (Fsp3) is 0.227. The molecule has 0 bridgehead atoms. The van der Waals surface area contributed by atoms with Crippen LogP contribution in [0.5, 0.6) is 0 Å². The quantitative estimate of drug-likeness (QED) is 0.745. The first-order valence-electron chi connectivity index (χ1n) is 8.89. The lowest BCUT2D eigenvalue weighted by Crippen LogP contribution is -2.22. The monoisotopic (exact) mass is 343 g/mol. The van der Waals surface area contributed by atoms with Crippen LogP contribution in [0.4, 0.5) is 11.6 Å². The van der Waals surface area contributed by atoms with Gasteiger partial charge in [-0.3, -0.25) is 4.79 Å². The first-order chi connectivity index (χ1) is 12.6. The lowest BCUT2D eigenvalue weighted by Gasteiger charge is -2.24. The van der Waals surface area contributed by atoms with E-state index in [0.29, 0.717) is 17.9 Å². The van der Waals surface area contributed by atoms with Crippen LogP contribution >= 0.6 is 0 Å². The summed E-state index contributed by atoms with van der Waals surface area (Å²) >= 11 is 0. The van der Waals surface area contributed by atoms with Crippen LogP contribution in [0.1, 0.15) is 45.2 Å². The van der Waals surface area contributed by atoms with Crippen molar-refractivity contribution >= 4 is 17.4 Å². The second kappa shape index (κ2) is 6.71. The molecule has 26 heavy (non-hydrogen) atoms. The normalized spacial score (nSPS) is 16.2. The average Bonchev–Trinajstić information content (AvgIpc) is 2.62. The van der Waals surface area contributed by atoms with E-state index >= 15 is 0 Å². The number of carbonyl (C=O) groups is 1. The third-order valence-corrected chi connectivity index (χ3v) is 4.86. The standard InChI is InChI=1S/C22H21N3O/c1-14-7-6-10-18(11-14)24-22-23-15(2)21-19(25-22)12-17(13-20(21)26)16-8-4-3-5-9-16/h3-11,17H,12-13H2,1-2H3,(H,23,24,25). The van der Waals surface area contributed by atoms with Crippen molar-refractivity contribution in [3.8, 4) is 0 Å². The largest absolute Gasteiger partial charge is 0.324 e. The Morgan fingerprint density at radius 1 is 0.962 bits per heavy atom. The van der Waals surface area contributed by atoms with Crippen molar-refractivity contribution in [3.05, 3.63) is 82.7 Å². The van der Waals surface area contributed by atoms with Crippen LogP contribution in [0.3, 0.4) is 0 Å². The van der Waals surface area contributed by atoms with E-state index < -0.39 is 0 Å². The zero-order chi connectivity index (χ0) is 18.1. The summed E-state index contributed by atoms with van der Waals surface area (Å²) in [6.45, 7) is 3.94. The van der Waals surface area contributed by atoms with E-state index in [2.05, 4.69) is 33.5 Å². The number of fused-ring (bicyclic) bond motifs is 1. The van der Waals surface area contributed by atoms with Crippen LogP contribution < -0.4 is 5.32 Å². The van der Waals surface area contributed by atoms with Crippen molar-refractivity contribution in [1.29, 1.82) is 0 Å². The van der Waals surface area contributed by atoms with Crippen molar-refractivity contribution in [2.45, 2.75) is 32.6 Å². The fourth-order valence-electron chi connectivity index (χ4n) is 3.64. The van der Waals surface area contributed by atoms with Crippen LogP contribution in [0.15, 0.2) is 54.6 Å². The van der Waals surface area contributed by atoms with E-state index in [0.717, 1.165) is 23.5 Å². The highest BCUT2D eigenvalue weighted by Gasteiger charge is 2.29. The number of nitrogens with one attached hydrogen (secondary N) is 1. The van der Waals surface area contributed by atoms with Crippen molar-refractivity contribution in [2.75, 3.05) is 5.32 Å². The van der Waals surface area contributed by atoms with Crippen LogP contribution in [0.2, 0.25) is 0 Å². The van der Waals surface area contributed by atoms with Crippen molar-refractivity contribution in [1.82, 2.24) is 9.97 Å². The summed E-state index contributed by atoms with van der Waals surface area (Å²) in [5.41, 5.74) is 5.61. The van der Waals surface area contributed by atoms with Gasteiger partial charge in [0.15, 0.2) is 5.78 Å². The number of aryl methyl sites for hydroxylation is 2. The van der Waals surface area contributed by atoms with Crippen LogP contribution in [-0.2, 0) is 6.42 Å². The fourth-order valence-corrected chi connectivity index (χ4v) is 3.64. The third kappa shape index (κ3) is 3.23. The van der Waals surface area contributed by atoms with Gasteiger partial charge >= 0.3 is 0 Å². The maximum absolute atomic E-state index is 12.7. The maximum Gasteiger partial charge on any atom is 0.227 e. The molecular formula is C22H21N3O. The highest BCUT2D eigenvalue weighted by molar-refractivity contribution is 5.99. The summed E-state index contributed by atoms with van der Waals surface area (Å²) in [5, 5.41) is 3.27. The summed E-state index contributed by atoms with van der Waals surface area (Å²) in [7, 11) is 0. The van der Waals surface area contributed by atoms with Gasteiger partial charge in [0.05, 0.1) is 17.0 Å². The molecule has 1 N–H and O–H groups in total. The minimum atomic E-state index is 0.139. The average molecular weight is 343 g/mol. The minimum absolute atomic E-state index is 0.139. The van der Waals surface area contributed by atoms with Gasteiger partial charge < -0.3 is 5.32 Å². The molecule has 1 aliphatic rings. The second-order valence-corrected chi connectivity index (χ2v) is 6.89. The Morgan fingerprint density at radius 3 is 2.54 bits per heavy atom. The molecule has 1 atom stereocenters. The third-order valence-electron chi connectivity index (χ3n) is 4.86. The Balaban J connectivity index is 1.67. The number of Topliss-reactive ketones (excluding diaryl/α,β-unsaturated/α-hetero) is 1. The van der Waals surface area contributed by atoms with Gasteiger partial charge in [0.2, 0.25) is 5.95 Å². The number of rotatable bonds is 3. The molecule has 0 saturated heterocycles. The van der Waals surface area contributed by atoms with E-state index in [-0.39, 0.29) is 11.7 Å². The number of nitrogens with zero attached hydrogens (tertiary/aromatic N) is 2.